The van der Waals surface area contributed by atoms with Crippen LogP contribution < -0.4 is 14.8 Å². The van der Waals surface area contributed by atoms with Gasteiger partial charge in [0.2, 0.25) is 5.88 Å². The summed E-state index contributed by atoms with van der Waals surface area (Å²) >= 11 is 0. The Morgan fingerprint density at radius 1 is 1.29 bits per heavy atom. The molecule has 2 atom stereocenters. The van der Waals surface area contributed by atoms with Gasteiger partial charge in [-0.15, -0.1) is 0 Å². The maximum absolute atomic E-state index is 12.6. The highest BCUT2D eigenvalue weighted by Crippen LogP contribution is 2.28. The molecule has 4 rings (SSSR count). The quantitative estimate of drug-likeness (QED) is 0.543. The number of carbonyl (C=O) groups excluding carboxylic acids is 1. The van der Waals surface area contributed by atoms with Crippen molar-refractivity contribution in [2.75, 3.05) is 19.8 Å². The van der Waals surface area contributed by atoms with Crippen molar-refractivity contribution < 1.29 is 45.7 Å². The summed E-state index contributed by atoms with van der Waals surface area (Å²) in [4.78, 5) is 12.6. The molecule has 1 amide bonds. The summed E-state index contributed by atoms with van der Waals surface area (Å²) in [5, 5.41) is 7.03. The van der Waals surface area contributed by atoms with Gasteiger partial charge in [0.15, 0.2) is 5.69 Å². The number of carbonyl (C=O) groups is 1. The molecule has 13 heteroatoms. The zero-order valence-corrected chi connectivity index (χ0v) is 17.8. The molecule has 8 nitrogen and oxygen atoms in total. The highest BCUT2D eigenvalue weighted by Gasteiger charge is 2.29. The molecule has 3 heterocycles. The van der Waals surface area contributed by atoms with Gasteiger partial charge in [-0.1, -0.05) is 6.07 Å². The number of fused-ring (bicyclic) bond motifs is 2. The van der Waals surface area contributed by atoms with E-state index in [2.05, 4.69) is 15.2 Å². The van der Waals surface area contributed by atoms with Crippen molar-refractivity contribution >= 4 is 5.91 Å². The number of nitrogens with zero attached hydrogens (tertiary/aromatic N) is 2. The summed E-state index contributed by atoms with van der Waals surface area (Å²) in [6.45, 7) is -3.98. The van der Waals surface area contributed by atoms with Crippen molar-refractivity contribution in [3.63, 3.8) is 0 Å². The predicted octanol–water partition coefficient (Wildman–Crippen LogP) is 3.09. The summed E-state index contributed by atoms with van der Waals surface area (Å²) in [6.07, 6.45) is -4.08. The molecule has 0 spiro atoms. The first-order valence-corrected chi connectivity index (χ1v) is 10.5. The van der Waals surface area contributed by atoms with Crippen molar-refractivity contribution in [3.05, 3.63) is 41.1 Å². The number of aromatic nitrogens is 2. The Morgan fingerprint density at radius 2 is 2.12 bits per heavy atom. The number of hydrogen-bond donors (Lipinski definition) is 1. The largest absolute Gasteiger partial charge is 0.491 e. The number of benzene rings is 1. The lowest BCUT2D eigenvalue weighted by Gasteiger charge is -2.26. The van der Waals surface area contributed by atoms with Gasteiger partial charge >= 0.3 is 12.8 Å². The summed E-state index contributed by atoms with van der Waals surface area (Å²) in [7, 11) is 0. The summed E-state index contributed by atoms with van der Waals surface area (Å²) in [6, 6.07) is 6.09. The maximum atomic E-state index is 12.6. The van der Waals surface area contributed by atoms with E-state index in [0.29, 0.717) is 30.2 Å². The van der Waals surface area contributed by atoms with Crippen molar-refractivity contribution in [3.8, 4) is 11.6 Å². The molecule has 0 fully saturated rings. The monoisotopic (exact) mass is 491 g/mol. The zero-order chi connectivity index (χ0) is 24.3. The van der Waals surface area contributed by atoms with Gasteiger partial charge in [-0.3, -0.25) is 4.79 Å². The van der Waals surface area contributed by atoms with E-state index in [-0.39, 0.29) is 44.1 Å². The van der Waals surface area contributed by atoms with Gasteiger partial charge in [0.25, 0.3) is 5.91 Å². The summed E-state index contributed by atoms with van der Waals surface area (Å²) in [5.74, 6) is 0.520. The van der Waals surface area contributed by atoms with Crippen LogP contribution in [0.4, 0.5) is 22.0 Å². The molecule has 2 aliphatic heterocycles. The van der Waals surface area contributed by atoms with Gasteiger partial charge in [0.1, 0.15) is 25.1 Å². The second-order valence-electron chi connectivity index (χ2n) is 7.95. The molecule has 186 valence electrons. The molecule has 0 bridgehead atoms. The molecule has 0 saturated carbocycles. The van der Waals surface area contributed by atoms with Crippen LogP contribution in [0.1, 0.15) is 28.0 Å². The molecular formula is C21H22F5N3O5. The number of rotatable bonds is 9. The lowest BCUT2D eigenvalue weighted by Crippen LogP contribution is -2.43. The van der Waals surface area contributed by atoms with Crippen LogP contribution in [-0.4, -0.2) is 60.4 Å². The van der Waals surface area contributed by atoms with Crippen LogP contribution in [0.25, 0.3) is 0 Å². The molecule has 1 aromatic carbocycles. The molecule has 0 saturated heterocycles. The first kappa shape index (κ1) is 24.2. The molecule has 2 aromatic rings. The second-order valence-corrected chi connectivity index (χ2v) is 7.95. The Morgan fingerprint density at radius 3 is 2.85 bits per heavy atom. The Kier molecular flexibility index (Phi) is 7.22. The predicted molar refractivity (Wildman–Crippen MR) is 106 cm³/mol. The topological polar surface area (TPSA) is 83.8 Å². The van der Waals surface area contributed by atoms with Gasteiger partial charge in [-0.25, -0.2) is 4.68 Å². The van der Waals surface area contributed by atoms with Crippen molar-refractivity contribution in [1.82, 2.24) is 15.1 Å². The van der Waals surface area contributed by atoms with E-state index in [0.717, 1.165) is 5.56 Å². The number of hydrogen-bond acceptors (Lipinski definition) is 6. The van der Waals surface area contributed by atoms with Crippen LogP contribution in [0, 0.1) is 0 Å². The number of amides is 1. The van der Waals surface area contributed by atoms with Crippen LogP contribution in [0.15, 0.2) is 24.3 Å². The van der Waals surface area contributed by atoms with Crippen molar-refractivity contribution in [1.29, 1.82) is 0 Å². The van der Waals surface area contributed by atoms with E-state index in [1.165, 1.54) is 10.7 Å². The first-order valence-electron chi connectivity index (χ1n) is 10.5. The van der Waals surface area contributed by atoms with E-state index in [1.54, 1.807) is 18.2 Å². The van der Waals surface area contributed by atoms with E-state index in [1.807, 2.05) is 0 Å². The fraction of sp³-hybridized carbons (Fsp3) is 0.524. The number of halogens is 5. The van der Waals surface area contributed by atoms with Crippen molar-refractivity contribution in [2.24, 2.45) is 0 Å². The first-order chi connectivity index (χ1) is 16.2. The Labute approximate surface area is 190 Å². The molecule has 0 radical (unpaired) electrons. The van der Waals surface area contributed by atoms with E-state index in [4.69, 9.17) is 14.2 Å². The lowest BCUT2D eigenvalue weighted by molar-refractivity contribution is -0.176. The summed E-state index contributed by atoms with van der Waals surface area (Å²) < 4.78 is 82.6. The van der Waals surface area contributed by atoms with Gasteiger partial charge in [-0.2, -0.15) is 27.1 Å². The van der Waals surface area contributed by atoms with Gasteiger partial charge < -0.3 is 24.3 Å². The molecule has 0 aliphatic carbocycles. The third kappa shape index (κ3) is 6.35. The highest BCUT2D eigenvalue weighted by atomic mass is 19.4. The third-order valence-corrected chi connectivity index (χ3v) is 5.22. The van der Waals surface area contributed by atoms with Crippen molar-refractivity contribution in [2.45, 2.75) is 50.9 Å². The minimum atomic E-state index is -4.39. The van der Waals surface area contributed by atoms with Crippen LogP contribution in [-0.2, 0) is 29.0 Å². The zero-order valence-electron chi connectivity index (χ0n) is 17.8. The average Bonchev–Trinajstić information content (AvgIpc) is 3.31. The highest BCUT2D eigenvalue weighted by molar-refractivity contribution is 5.92. The maximum Gasteiger partial charge on any atom is 0.411 e. The molecule has 2 aliphatic rings. The van der Waals surface area contributed by atoms with Gasteiger partial charge in [0.05, 0.1) is 25.8 Å². The second kappa shape index (κ2) is 10.1. The van der Waals surface area contributed by atoms with Crippen LogP contribution in [0.3, 0.4) is 0 Å². The normalized spacial score (nSPS) is 19.4. The Hall–Kier alpha value is -2.93. The summed E-state index contributed by atoms with van der Waals surface area (Å²) in [5.41, 5.74) is 1.45. The van der Waals surface area contributed by atoms with Gasteiger partial charge in [0, 0.05) is 12.5 Å². The van der Waals surface area contributed by atoms with E-state index < -0.39 is 25.3 Å². The van der Waals surface area contributed by atoms with Crippen LogP contribution in [0.5, 0.6) is 11.6 Å². The van der Waals surface area contributed by atoms with E-state index >= 15 is 0 Å². The average molecular weight is 491 g/mol. The van der Waals surface area contributed by atoms with Gasteiger partial charge in [-0.05, 0) is 29.7 Å². The third-order valence-electron chi connectivity index (χ3n) is 5.22. The molecule has 1 N–H and O–H groups in total. The SMILES string of the molecule is O=C(N[C@H]1COc2ccc(COCC(F)(F)F)cc2C1)c1cc2n(n1)CC(CCOC(F)F)O2. The molecule has 34 heavy (non-hydrogen) atoms. The minimum absolute atomic E-state index is 0.136. The fourth-order valence-electron chi connectivity index (χ4n) is 3.75. The number of nitrogens with one attached hydrogen (secondary N) is 1. The fourth-order valence-corrected chi connectivity index (χ4v) is 3.75. The molecule has 1 unspecified atom stereocenters. The number of ether oxygens (including phenoxy) is 4. The molecular weight excluding hydrogens is 469 g/mol. The van der Waals surface area contributed by atoms with E-state index in [9.17, 15) is 26.7 Å². The lowest BCUT2D eigenvalue weighted by atomic mass is 10.0. The Bertz CT molecular complexity index is 990. The standard InChI is InChI=1S/C21H22F5N3O5/c22-20(23)32-4-3-15-8-29-18(34-15)7-16(28-29)19(30)27-14-6-13-5-12(1-2-17(13)33-10-14)9-31-11-21(24,25)26/h1-2,5,7,14-15,20H,3-4,6,8-11H2,(H,27,30)/t14-,15?/m1/s1. The van der Waals surface area contributed by atoms with Crippen LogP contribution in [0.2, 0.25) is 0 Å². The smallest absolute Gasteiger partial charge is 0.411 e. The Balaban J connectivity index is 1.28. The number of alkyl halides is 5. The molecule has 1 aromatic heterocycles. The minimum Gasteiger partial charge on any atom is -0.491 e. The van der Waals surface area contributed by atoms with Crippen LogP contribution >= 0.6 is 0 Å².